The molecule has 0 aromatic carbocycles. The number of nitro groups is 1. The van der Waals surface area contributed by atoms with Crippen molar-refractivity contribution in [3.8, 4) is 0 Å². The number of aromatic nitrogens is 2. The lowest BCUT2D eigenvalue weighted by atomic mass is 10.2. The molecular formula is C14H22N4O3. The highest BCUT2D eigenvalue weighted by atomic mass is 16.6. The third-order valence-electron chi connectivity index (χ3n) is 4.24. The summed E-state index contributed by atoms with van der Waals surface area (Å²) in [5.74, 6) is -0.00935. The van der Waals surface area contributed by atoms with E-state index in [9.17, 15) is 14.9 Å². The second-order valence-electron chi connectivity index (χ2n) is 5.55. The van der Waals surface area contributed by atoms with Crippen molar-refractivity contribution in [3.05, 3.63) is 21.5 Å². The van der Waals surface area contributed by atoms with E-state index < -0.39 is 4.92 Å². The molecule has 1 fully saturated rings. The second-order valence-corrected chi connectivity index (χ2v) is 5.55. The fraction of sp³-hybridized carbons (Fsp3) is 0.714. The molecule has 1 aliphatic rings. The van der Waals surface area contributed by atoms with Crippen molar-refractivity contribution >= 4 is 11.6 Å². The van der Waals surface area contributed by atoms with E-state index in [-0.39, 0.29) is 18.1 Å². The van der Waals surface area contributed by atoms with E-state index in [1.54, 1.807) is 13.8 Å². The van der Waals surface area contributed by atoms with Crippen molar-refractivity contribution in [2.45, 2.75) is 59.0 Å². The number of carbonyl (C=O) groups excluding carboxylic acids is 1. The van der Waals surface area contributed by atoms with E-state index in [4.69, 9.17) is 0 Å². The van der Waals surface area contributed by atoms with E-state index in [2.05, 4.69) is 5.10 Å². The molecule has 2 rings (SSSR count). The van der Waals surface area contributed by atoms with E-state index >= 15 is 0 Å². The third-order valence-corrected chi connectivity index (χ3v) is 4.24. The molecule has 7 heteroatoms. The van der Waals surface area contributed by atoms with Gasteiger partial charge in [0.1, 0.15) is 17.9 Å². The van der Waals surface area contributed by atoms with Gasteiger partial charge in [0.2, 0.25) is 5.91 Å². The van der Waals surface area contributed by atoms with Gasteiger partial charge in [-0.1, -0.05) is 12.8 Å². The molecule has 116 valence electrons. The van der Waals surface area contributed by atoms with Crippen molar-refractivity contribution in [3.63, 3.8) is 0 Å². The first kappa shape index (κ1) is 15.5. The zero-order valence-corrected chi connectivity index (χ0v) is 12.8. The number of carbonyl (C=O) groups is 1. The van der Waals surface area contributed by atoms with Gasteiger partial charge in [0.15, 0.2) is 0 Å². The van der Waals surface area contributed by atoms with E-state index in [1.807, 2.05) is 11.8 Å². The first-order valence-corrected chi connectivity index (χ1v) is 7.43. The van der Waals surface area contributed by atoms with Gasteiger partial charge < -0.3 is 4.90 Å². The van der Waals surface area contributed by atoms with Crippen LogP contribution in [0.4, 0.5) is 5.69 Å². The maximum Gasteiger partial charge on any atom is 0.312 e. The largest absolute Gasteiger partial charge is 0.338 e. The SMILES string of the molecule is CCN(C(=O)Cn1nc(C)c([N+](=O)[O-])c1C)C1CCCC1. The summed E-state index contributed by atoms with van der Waals surface area (Å²) in [5, 5.41) is 15.1. The molecule has 0 saturated heterocycles. The van der Waals surface area contributed by atoms with Crippen LogP contribution in [0, 0.1) is 24.0 Å². The van der Waals surface area contributed by atoms with Gasteiger partial charge in [0.05, 0.1) is 4.92 Å². The van der Waals surface area contributed by atoms with Gasteiger partial charge in [-0.2, -0.15) is 5.10 Å². The average Bonchev–Trinajstić information content (AvgIpc) is 3.00. The summed E-state index contributed by atoms with van der Waals surface area (Å²) in [6.45, 7) is 5.95. The predicted octanol–water partition coefficient (Wildman–Crippen LogP) is 2.20. The third kappa shape index (κ3) is 3.06. The van der Waals surface area contributed by atoms with Gasteiger partial charge in [-0.15, -0.1) is 0 Å². The zero-order chi connectivity index (χ0) is 15.6. The Labute approximate surface area is 124 Å². The van der Waals surface area contributed by atoms with Crippen molar-refractivity contribution in [2.24, 2.45) is 0 Å². The Kier molecular flexibility index (Phi) is 4.59. The normalized spacial score (nSPS) is 15.4. The minimum atomic E-state index is -0.437. The first-order chi connectivity index (χ1) is 9.95. The molecule has 1 aromatic heterocycles. The van der Waals surface area contributed by atoms with Crippen LogP contribution in [0.25, 0.3) is 0 Å². The van der Waals surface area contributed by atoms with Crippen molar-refractivity contribution in [1.82, 2.24) is 14.7 Å². The molecule has 0 radical (unpaired) electrons. The van der Waals surface area contributed by atoms with Crippen molar-refractivity contribution in [1.29, 1.82) is 0 Å². The number of hydrogen-bond acceptors (Lipinski definition) is 4. The Morgan fingerprint density at radius 2 is 2.05 bits per heavy atom. The molecule has 0 unspecified atom stereocenters. The molecule has 1 saturated carbocycles. The molecule has 7 nitrogen and oxygen atoms in total. The van der Waals surface area contributed by atoms with Crippen LogP contribution in [0.1, 0.15) is 44.0 Å². The van der Waals surface area contributed by atoms with Crippen LogP contribution >= 0.6 is 0 Å². The van der Waals surface area contributed by atoms with Gasteiger partial charge in [0.25, 0.3) is 0 Å². The molecule has 1 aliphatic carbocycles. The van der Waals surface area contributed by atoms with Gasteiger partial charge in [0, 0.05) is 12.6 Å². The molecule has 0 atom stereocenters. The summed E-state index contributed by atoms with van der Waals surface area (Å²) < 4.78 is 1.45. The lowest BCUT2D eigenvalue weighted by Gasteiger charge is -2.27. The molecule has 1 heterocycles. The minimum Gasteiger partial charge on any atom is -0.338 e. The quantitative estimate of drug-likeness (QED) is 0.616. The Hall–Kier alpha value is -1.92. The molecule has 0 spiro atoms. The number of rotatable bonds is 5. The van der Waals surface area contributed by atoms with Gasteiger partial charge in [-0.05, 0) is 33.6 Å². The predicted molar refractivity (Wildman–Crippen MR) is 78.0 cm³/mol. The van der Waals surface area contributed by atoms with E-state index in [0.29, 0.717) is 24.0 Å². The second kappa shape index (κ2) is 6.24. The standard InChI is InChI=1S/C14H22N4O3/c1-4-16(12-7-5-6-8-12)13(19)9-17-11(3)14(18(20)21)10(2)15-17/h12H,4-9H2,1-3H3. The Bertz CT molecular complexity index is 547. The summed E-state index contributed by atoms with van der Waals surface area (Å²) in [6, 6.07) is 0.314. The maximum absolute atomic E-state index is 12.5. The summed E-state index contributed by atoms with van der Waals surface area (Å²) >= 11 is 0. The van der Waals surface area contributed by atoms with Crippen LogP contribution in [0.2, 0.25) is 0 Å². The summed E-state index contributed by atoms with van der Waals surface area (Å²) in [6.07, 6.45) is 4.44. The Balaban J connectivity index is 2.15. The Morgan fingerprint density at radius 3 is 2.52 bits per heavy atom. The van der Waals surface area contributed by atoms with Crippen LogP contribution in [0.15, 0.2) is 0 Å². The lowest BCUT2D eigenvalue weighted by molar-refractivity contribution is -0.386. The lowest BCUT2D eigenvalue weighted by Crippen LogP contribution is -2.40. The van der Waals surface area contributed by atoms with Crippen LogP contribution in [0.3, 0.4) is 0 Å². The van der Waals surface area contributed by atoms with Gasteiger partial charge in [-0.3, -0.25) is 19.6 Å². The molecule has 1 amide bonds. The van der Waals surface area contributed by atoms with Crippen LogP contribution in [0.5, 0.6) is 0 Å². The number of aryl methyl sites for hydroxylation is 1. The molecule has 1 aromatic rings. The fourth-order valence-electron chi connectivity index (χ4n) is 3.18. The highest BCUT2D eigenvalue weighted by Gasteiger charge is 2.28. The van der Waals surface area contributed by atoms with Crippen molar-refractivity contribution in [2.75, 3.05) is 6.54 Å². The summed E-state index contributed by atoms with van der Waals surface area (Å²) in [5.41, 5.74) is 0.800. The number of hydrogen-bond donors (Lipinski definition) is 0. The van der Waals surface area contributed by atoms with Crippen molar-refractivity contribution < 1.29 is 9.72 Å². The molecular weight excluding hydrogens is 272 g/mol. The van der Waals surface area contributed by atoms with Crippen LogP contribution in [-0.4, -0.2) is 38.1 Å². The number of amides is 1. The monoisotopic (exact) mass is 294 g/mol. The molecule has 0 aliphatic heterocycles. The minimum absolute atomic E-state index is 0.00622. The van der Waals surface area contributed by atoms with E-state index in [0.717, 1.165) is 12.8 Å². The smallest absolute Gasteiger partial charge is 0.312 e. The van der Waals surface area contributed by atoms with E-state index in [1.165, 1.54) is 17.5 Å². The van der Waals surface area contributed by atoms with Crippen LogP contribution in [-0.2, 0) is 11.3 Å². The zero-order valence-electron chi connectivity index (χ0n) is 12.8. The fourth-order valence-corrected chi connectivity index (χ4v) is 3.18. The summed E-state index contributed by atoms with van der Waals surface area (Å²) in [4.78, 5) is 24.9. The maximum atomic E-state index is 12.5. The first-order valence-electron chi connectivity index (χ1n) is 7.43. The topological polar surface area (TPSA) is 81.3 Å². The highest BCUT2D eigenvalue weighted by Crippen LogP contribution is 2.25. The number of nitrogens with zero attached hydrogens (tertiary/aromatic N) is 4. The average molecular weight is 294 g/mol. The molecule has 0 bridgehead atoms. The summed E-state index contributed by atoms with van der Waals surface area (Å²) in [7, 11) is 0. The Morgan fingerprint density at radius 1 is 1.43 bits per heavy atom. The number of likely N-dealkylation sites (N-methyl/N-ethyl adjacent to an activating group) is 1. The molecule has 0 N–H and O–H groups in total. The van der Waals surface area contributed by atoms with Gasteiger partial charge >= 0.3 is 5.69 Å². The molecule has 21 heavy (non-hydrogen) atoms. The van der Waals surface area contributed by atoms with Crippen LogP contribution < -0.4 is 0 Å². The highest BCUT2D eigenvalue weighted by molar-refractivity contribution is 5.76. The van der Waals surface area contributed by atoms with Gasteiger partial charge in [-0.25, -0.2) is 0 Å².